The second-order valence-corrected chi connectivity index (χ2v) is 3.93. The third-order valence-corrected chi connectivity index (χ3v) is 1.94. The summed E-state index contributed by atoms with van der Waals surface area (Å²) in [6.45, 7) is 6.38. The standard InChI is InChI=1S/C11H18N2O.2ClH/c1-8(2)13-9(3)6-10-4-5-11(14)7-12-10;;/h4-5,7-9,13-14H,6H2,1-3H3;2*1H. The summed E-state index contributed by atoms with van der Waals surface area (Å²) in [4.78, 5) is 4.14. The predicted molar refractivity (Wildman–Crippen MR) is 71.8 cm³/mol. The third-order valence-electron chi connectivity index (χ3n) is 1.94. The Morgan fingerprint density at radius 3 is 2.31 bits per heavy atom. The van der Waals surface area contributed by atoms with Crippen molar-refractivity contribution in [2.24, 2.45) is 0 Å². The Kier molecular flexibility index (Phi) is 9.63. The summed E-state index contributed by atoms with van der Waals surface area (Å²) < 4.78 is 0. The molecule has 1 aromatic rings. The zero-order chi connectivity index (χ0) is 10.6. The normalized spacial score (nSPS) is 11.5. The average Bonchev–Trinajstić information content (AvgIpc) is 2.07. The number of rotatable bonds is 4. The van der Waals surface area contributed by atoms with Gasteiger partial charge in [0, 0.05) is 24.2 Å². The minimum atomic E-state index is 0. The number of aromatic hydroxyl groups is 1. The third kappa shape index (κ3) is 6.88. The van der Waals surface area contributed by atoms with E-state index < -0.39 is 0 Å². The molecule has 1 unspecified atom stereocenters. The van der Waals surface area contributed by atoms with Crippen LogP contribution in [-0.4, -0.2) is 22.2 Å². The van der Waals surface area contributed by atoms with Gasteiger partial charge in [-0.3, -0.25) is 4.98 Å². The van der Waals surface area contributed by atoms with Gasteiger partial charge in [-0.05, 0) is 19.1 Å². The molecule has 0 spiro atoms. The number of halogens is 2. The van der Waals surface area contributed by atoms with E-state index >= 15 is 0 Å². The van der Waals surface area contributed by atoms with Crippen LogP contribution in [0.1, 0.15) is 26.5 Å². The van der Waals surface area contributed by atoms with Crippen LogP contribution in [0.25, 0.3) is 0 Å². The first-order valence-electron chi connectivity index (χ1n) is 4.98. The average molecular weight is 267 g/mol. The molecule has 2 N–H and O–H groups in total. The molecule has 0 saturated heterocycles. The zero-order valence-corrected chi connectivity index (χ0v) is 11.4. The summed E-state index contributed by atoms with van der Waals surface area (Å²) in [5.41, 5.74) is 1.00. The minimum Gasteiger partial charge on any atom is -0.506 e. The van der Waals surface area contributed by atoms with Gasteiger partial charge in [0.25, 0.3) is 0 Å². The molecule has 0 fully saturated rings. The molecule has 1 rings (SSSR count). The summed E-state index contributed by atoms with van der Waals surface area (Å²) in [7, 11) is 0. The Bertz CT molecular complexity index is 278. The Hall–Kier alpha value is -0.510. The molecule has 0 aliphatic carbocycles. The molecule has 0 radical (unpaired) electrons. The molecule has 5 heteroatoms. The molecule has 0 aliphatic heterocycles. The fourth-order valence-electron chi connectivity index (χ4n) is 1.48. The lowest BCUT2D eigenvalue weighted by atomic mass is 10.1. The smallest absolute Gasteiger partial charge is 0.133 e. The maximum absolute atomic E-state index is 9.06. The first-order chi connectivity index (χ1) is 6.58. The van der Waals surface area contributed by atoms with Crippen molar-refractivity contribution < 1.29 is 5.11 Å². The van der Waals surface area contributed by atoms with Gasteiger partial charge in [0.2, 0.25) is 0 Å². The van der Waals surface area contributed by atoms with E-state index in [1.807, 2.05) is 6.07 Å². The van der Waals surface area contributed by atoms with Gasteiger partial charge in [-0.15, -0.1) is 24.8 Å². The monoisotopic (exact) mass is 266 g/mol. The summed E-state index contributed by atoms with van der Waals surface area (Å²) in [5, 5.41) is 12.5. The van der Waals surface area contributed by atoms with E-state index in [4.69, 9.17) is 5.11 Å². The number of pyridine rings is 1. The lowest BCUT2D eigenvalue weighted by Crippen LogP contribution is -2.34. The first kappa shape index (κ1) is 17.9. The van der Waals surface area contributed by atoms with E-state index in [2.05, 4.69) is 31.1 Å². The Balaban J connectivity index is 0. The van der Waals surface area contributed by atoms with Crippen LogP contribution in [0.3, 0.4) is 0 Å². The van der Waals surface area contributed by atoms with Crippen LogP contribution in [0, 0.1) is 0 Å². The SMILES string of the molecule is CC(C)NC(C)Cc1ccc(O)cn1.Cl.Cl. The van der Waals surface area contributed by atoms with Crippen molar-refractivity contribution in [1.82, 2.24) is 10.3 Å². The van der Waals surface area contributed by atoms with E-state index in [-0.39, 0.29) is 30.6 Å². The van der Waals surface area contributed by atoms with Crippen LogP contribution >= 0.6 is 24.8 Å². The summed E-state index contributed by atoms with van der Waals surface area (Å²) in [6, 6.07) is 4.42. The van der Waals surface area contributed by atoms with Crippen molar-refractivity contribution in [3.8, 4) is 5.75 Å². The highest BCUT2D eigenvalue weighted by Crippen LogP contribution is 2.07. The van der Waals surface area contributed by atoms with Gasteiger partial charge in [0.1, 0.15) is 5.75 Å². The summed E-state index contributed by atoms with van der Waals surface area (Å²) in [5.74, 6) is 0.221. The lowest BCUT2D eigenvalue weighted by Gasteiger charge is -2.16. The molecule has 94 valence electrons. The van der Waals surface area contributed by atoms with Gasteiger partial charge >= 0.3 is 0 Å². The van der Waals surface area contributed by atoms with Crippen LogP contribution in [-0.2, 0) is 6.42 Å². The Labute approximate surface area is 109 Å². The van der Waals surface area contributed by atoms with Gasteiger partial charge in [-0.2, -0.15) is 0 Å². The van der Waals surface area contributed by atoms with Gasteiger partial charge in [-0.1, -0.05) is 13.8 Å². The van der Waals surface area contributed by atoms with Crippen molar-refractivity contribution >= 4 is 24.8 Å². The van der Waals surface area contributed by atoms with Gasteiger partial charge in [0.15, 0.2) is 0 Å². The Morgan fingerprint density at radius 1 is 1.25 bits per heavy atom. The minimum absolute atomic E-state index is 0. The van der Waals surface area contributed by atoms with Crippen LogP contribution in [0.4, 0.5) is 0 Å². The highest BCUT2D eigenvalue weighted by atomic mass is 35.5. The van der Waals surface area contributed by atoms with E-state index in [1.165, 1.54) is 6.20 Å². The molecule has 0 bridgehead atoms. The van der Waals surface area contributed by atoms with E-state index in [0.29, 0.717) is 12.1 Å². The van der Waals surface area contributed by atoms with Gasteiger partial charge in [0.05, 0.1) is 6.20 Å². The fraction of sp³-hybridized carbons (Fsp3) is 0.545. The van der Waals surface area contributed by atoms with Gasteiger partial charge in [-0.25, -0.2) is 0 Å². The van der Waals surface area contributed by atoms with Crippen LogP contribution in [0.5, 0.6) is 5.75 Å². The van der Waals surface area contributed by atoms with Crippen LogP contribution in [0.2, 0.25) is 0 Å². The van der Waals surface area contributed by atoms with E-state index in [1.54, 1.807) is 6.07 Å². The molecular formula is C11H20Cl2N2O. The van der Waals surface area contributed by atoms with Crippen molar-refractivity contribution in [2.45, 2.75) is 39.3 Å². The highest BCUT2D eigenvalue weighted by molar-refractivity contribution is 5.85. The topological polar surface area (TPSA) is 45.1 Å². The molecule has 1 aromatic heterocycles. The second-order valence-electron chi connectivity index (χ2n) is 3.93. The van der Waals surface area contributed by atoms with Crippen LogP contribution in [0.15, 0.2) is 18.3 Å². The first-order valence-corrected chi connectivity index (χ1v) is 4.98. The largest absolute Gasteiger partial charge is 0.506 e. The molecule has 0 saturated carbocycles. The number of aromatic nitrogens is 1. The Morgan fingerprint density at radius 2 is 1.88 bits per heavy atom. The summed E-state index contributed by atoms with van der Waals surface area (Å²) >= 11 is 0. The van der Waals surface area contributed by atoms with E-state index in [9.17, 15) is 0 Å². The molecule has 16 heavy (non-hydrogen) atoms. The molecule has 0 aliphatic rings. The van der Waals surface area contributed by atoms with Crippen molar-refractivity contribution in [3.63, 3.8) is 0 Å². The van der Waals surface area contributed by atoms with Crippen molar-refractivity contribution in [2.75, 3.05) is 0 Å². The number of hydrogen-bond acceptors (Lipinski definition) is 3. The molecule has 0 aromatic carbocycles. The number of hydrogen-bond donors (Lipinski definition) is 2. The van der Waals surface area contributed by atoms with Crippen molar-refractivity contribution in [1.29, 1.82) is 0 Å². The maximum Gasteiger partial charge on any atom is 0.133 e. The maximum atomic E-state index is 9.06. The zero-order valence-electron chi connectivity index (χ0n) is 9.80. The summed E-state index contributed by atoms with van der Waals surface area (Å²) in [6.07, 6.45) is 2.37. The van der Waals surface area contributed by atoms with Gasteiger partial charge < -0.3 is 10.4 Å². The molecule has 0 amide bonds. The van der Waals surface area contributed by atoms with E-state index in [0.717, 1.165) is 12.1 Å². The van der Waals surface area contributed by atoms with Crippen LogP contribution < -0.4 is 5.32 Å². The highest BCUT2D eigenvalue weighted by Gasteiger charge is 2.05. The molecular weight excluding hydrogens is 247 g/mol. The number of nitrogens with zero attached hydrogens (tertiary/aromatic N) is 1. The predicted octanol–water partition coefficient (Wildman–Crippen LogP) is 2.56. The quantitative estimate of drug-likeness (QED) is 0.881. The van der Waals surface area contributed by atoms with Crippen molar-refractivity contribution in [3.05, 3.63) is 24.0 Å². The fourth-order valence-corrected chi connectivity index (χ4v) is 1.48. The molecule has 3 nitrogen and oxygen atoms in total. The lowest BCUT2D eigenvalue weighted by molar-refractivity contribution is 0.467. The second kappa shape index (κ2) is 8.62. The number of nitrogens with one attached hydrogen (secondary N) is 1. The molecule has 1 atom stereocenters. The molecule has 1 heterocycles.